The maximum absolute atomic E-state index is 12.7. The average molecular weight is 288 g/mol. The van der Waals surface area contributed by atoms with E-state index < -0.39 is 12.0 Å². The quantitative estimate of drug-likeness (QED) is 0.858. The van der Waals surface area contributed by atoms with Crippen LogP contribution in [-0.2, 0) is 16.0 Å². The highest BCUT2D eigenvalue weighted by molar-refractivity contribution is 5.87. The molecule has 1 aromatic carbocycles. The normalized spacial score (nSPS) is 25.2. The van der Waals surface area contributed by atoms with Gasteiger partial charge in [0.1, 0.15) is 0 Å². The highest BCUT2D eigenvalue weighted by Gasteiger charge is 2.38. The Labute approximate surface area is 123 Å². The molecule has 1 fully saturated rings. The molecule has 0 radical (unpaired) electrons. The van der Waals surface area contributed by atoms with Crippen LogP contribution in [0.4, 0.5) is 0 Å². The summed E-state index contributed by atoms with van der Waals surface area (Å²) in [6, 6.07) is 6.69. The van der Waals surface area contributed by atoms with Gasteiger partial charge in [-0.2, -0.15) is 0 Å². The molecule has 2 heterocycles. The average Bonchev–Trinajstić information content (AvgIpc) is 2.53. The molecule has 1 saturated heterocycles. The summed E-state index contributed by atoms with van der Waals surface area (Å²) in [5.74, 6) is -1.06. The second-order valence-corrected chi connectivity index (χ2v) is 5.76. The zero-order valence-electron chi connectivity index (χ0n) is 11.9. The fourth-order valence-corrected chi connectivity index (χ4v) is 3.37. The molecule has 2 aliphatic heterocycles. The highest BCUT2D eigenvalue weighted by Crippen LogP contribution is 2.31. The van der Waals surface area contributed by atoms with Crippen LogP contribution in [0.3, 0.4) is 0 Å². The fourth-order valence-electron chi connectivity index (χ4n) is 3.37. The van der Waals surface area contributed by atoms with E-state index >= 15 is 0 Å². The summed E-state index contributed by atoms with van der Waals surface area (Å²) >= 11 is 0. The zero-order valence-corrected chi connectivity index (χ0v) is 11.9. The van der Waals surface area contributed by atoms with Gasteiger partial charge in [-0.1, -0.05) is 24.3 Å². The van der Waals surface area contributed by atoms with Crippen LogP contribution in [0.2, 0.25) is 0 Å². The first-order chi connectivity index (χ1) is 10.2. The van der Waals surface area contributed by atoms with Crippen molar-refractivity contribution in [3.05, 3.63) is 35.4 Å². The Kier molecular flexibility index (Phi) is 3.92. The van der Waals surface area contributed by atoms with E-state index in [1.807, 2.05) is 24.3 Å². The second kappa shape index (κ2) is 5.85. The molecule has 0 saturated carbocycles. The van der Waals surface area contributed by atoms with Crippen LogP contribution >= 0.6 is 0 Å². The molecule has 5 nitrogen and oxygen atoms in total. The van der Waals surface area contributed by atoms with Gasteiger partial charge < -0.3 is 15.3 Å². The van der Waals surface area contributed by atoms with Gasteiger partial charge in [-0.05, 0) is 36.9 Å². The standard InChI is InChI=1S/C16H20N2O3/c19-15(12-5-3-8-17-10-12)18-9-7-11-4-1-2-6-13(11)14(18)16(20)21/h1-2,4,6,12,14,17H,3,5,7-10H2,(H,20,21)/t12-,14?/m1/s1. The number of piperidine rings is 1. The molecule has 1 unspecified atom stereocenters. The molecule has 112 valence electrons. The molecule has 0 aliphatic carbocycles. The number of hydrogen-bond donors (Lipinski definition) is 2. The third-order valence-corrected chi connectivity index (χ3v) is 4.45. The van der Waals surface area contributed by atoms with Crippen LogP contribution in [0, 0.1) is 5.92 Å². The summed E-state index contributed by atoms with van der Waals surface area (Å²) in [5.41, 5.74) is 1.80. The van der Waals surface area contributed by atoms with Crippen molar-refractivity contribution in [3.63, 3.8) is 0 Å². The van der Waals surface area contributed by atoms with Crippen LogP contribution in [0.5, 0.6) is 0 Å². The Morgan fingerprint density at radius 2 is 2.10 bits per heavy atom. The molecular weight excluding hydrogens is 268 g/mol. The molecule has 2 N–H and O–H groups in total. The Morgan fingerprint density at radius 1 is 1.29 bits per heavy atom. The lowest BCUT2D eigenvalue weighted by Gasteiger charge is -2.37. The Bertz CT molecular complexity index is 552. The number of fused-ring (bicyclic) bond motifs is 1. The molecule has 3 rings (SSSR count). The van der Waals surface area contributed by atoms with Gasteiger partial charge in [-0.25, -0.2) is 4.79 Å². The van der Waals surface area contributed by atoms with Crippen LogP contribution < -0.4 is 5.32 Å². The molecule has 0 bridgehead atoms. The number of hydrogen-bond acceptors (Lipinski definition) is 3. The summed E-state index contributed by atoms with van der Waals surface area (Å²) < 4.78 is 0. The number of carboxylic acids is 1. The number of aliphatic carboxylic acids is 1. The molecule has 1 aromatic rings. The van der Waals surface area contributed by atoms with E-state index in [1.54, 1.807) is 4.90 Å². The number of benzene rings is 1. The summed E-state index contributed by atoms with van der Waals surface area (Å²) in [5, 5.41) is 12.8. The van der Waals surface area contributed by atoms with Gasteiger partial charge in [0.25, 0.3) is 0 Å². The van der Waals surface area contributed by atoms with Crippen molar-refractivity contribution in [2.24, 2.45) is 5.92 Å². The lowest BCUT2D eigenvalue weighted by molar-refractivity contribution is -0.153. The minimum Gasteiger partial charge on any atom is -0.479 e. The maximum atomic E-state index is 12.7. The van der Waals surface area contributed by atoms with Gasteiger partial charge in [-0.3, -0.25) is 4.79 Å². The second-order valence-electron chi connectivity index (χ2n) is 5.76. The minimum absolute atomic E-state index is 0.0240. The predicted molar refractivity (Wildman–Crippen MR) is 77.8 cm³/mol. The Balaban J connectivity index is 1.88. The molecule has 0 aromatic heterocycles. The van der Waals surface area contributed by atoms with Gasteiger partial charge in [0, 0.05) is 13.1 Å². The van der Waals surface area contributed by atoms with Crippen molar-refractivity contribution in [1.82, 2.24) is 10.2 Å². The predicted octanol–water partition coefficient (Wildman–Crippen LogP) is 1.20. The topological polar surface area (TPSA) is 69.6 Å². The summed E-state index contributed by atoms with van der Waals surface area (Å²) in [6.45, 7) is 2.08. The number of carboxylic acid groups (broad SMARTS) is 1. The van der Waals surface area contributed by atoms with Crippen molar-refractivity contribution in [3.8, 4) is 0 Å². The largest absolute Gasteiger partial charge is 0.479 e. The third kappa shape index (κ3) is 2.65. The first kappa shape index (κ1) is 14.1. The van der Waals surface area contributed by atoms with Crippen LogP contribution in [0.25, 0.3) is 0 Å². The van der Waals surface area contributed by atoms with Gasteiger partial charge in [-0.15, -0.1) is 0 Å². The minimum atomic E-state index is -0.945. The van der Waals surface area contributed by atoms with Gasteiger partial charge in [0.05, 0.1) is 5.92 Å². The van der Waals surface area contributed by atoms with Crippen LogP contribution in [0.15, 0.2) is 24.3 Å². The highest BCUT2D eigenvalue weighted by atomic mass is 16.4. The van der Waals surface area contributed by atoms with E-state index in [-0.39, 0.29) is 11.8 Å². The number of rotatable bonds is 2. The maximum Gasteiger partial charge on any atom is 0.331 e. The van der Waals surface area contributed by atoms with Crippen LogP contribution in [0.1, 0.15) is 30.0 Å². The number of nitrogens with one attached hydrogen (secondary N) is 1. The van der Waals surface area contributed by atoms with Crippen molar-refractivity contribution >= 4 is 11.9 Å². The fraction of sp³-hybridized carbons (Fsp3) is 0.500. The number of nitrogens with zero attached hydrogens (tertiary/aromatic N) is 1. The van der Waals surface area contributed by atoms with E-state index in [0.29, 0.717) is 13.1 Å². The number of amides is 1. The number of carbonyl (C=O) groups is 2. The van der Waals surface area contributed by atoms with E-state index in [9.17, 15) is 14.7 Å². The molecule has 1 amide bonds. The summed E-state index contributed by atoms with van der Waals surface area (Å²) in [6.07, 6.45) is 2.54. The first-order valence-corrected chi connectivity index (χ1v) is 7.50. The smallest absolute Gasteiger partial charge is 0.331 e. The zero-order chi connectivity index (χ0) is 14.8. The third-order valence-electron chi connectivity index (χ3n) is 4.45. The summed E-state index contributed by atoms with van der Waals surface area (Å²) in [4.78, 5) is 26.0. The lowest BCUT2D eigenvalue weighted by Crippen LogP contribution is -2.49. The van der Waals surface area contributed by atoms with Gasteiger partial charge in [0.15, 0.2) is 6.04 Å². The SMILES string of the molecule is O=C(O)C1c2ccccc2CCN1C(=O)[C@@H]1CCCNC1. The molecule has 0 spiro atoms. The van der Waals surface area contributed by atoms with Gasteiger partial charge in [0.2, 0.25) is 5.91 Å². The lowest BCUT2D eigenvalue weighted by atomic mass is 9.90. The summed E-state index contributed by atoms with van der Waals surface area (Å²) in [7, 11) is 0. The van der Waals surface area contributed by atoms with Gasteiger partial charge >= 0.3 is 5.97 Å². The van der Waals surface area contributed by atoms with E-state index in [1.165, 1.54) is 0 Å². The molecule has 2 aliphatic rings. The van der Waals surface area contributed by atoms with Crippen molar-refractivity contribution < 1.29 is 14.7 Å². The van der Waals surface area contributed by atoms with E-state index in [4.69, 9.17) is 0 Å². The van der Waals surface area contributed by atoms with Crippen LogP contribution in [-0.4, -0.2) is 41.5 Å². The number of carbonyl (C=O) groups excluding carboxylic acids is 1. The van der Waals surface area contributed by atoms with E-state index in [2.05, 4.69) is 5.32 Å². The van der Waals surface area contributed by atoms with E-state index in [0.717, 1.165) is 36.9 Å². The van der Waals surface area contributed by atoms with Crippen molar-refractivity contribution in [1.29, 1.82) is 0 Å². The molecular formula is C16H20N2O3. The van der Waals surface area contributed by atoms with Crippen molar-refractivity contribution in [2.45, 2.75) is 25.3 Å². The van der Waals surface area contributed by atoms with Crippen molar-refractivity contribution in [2.75, 3.05) is 19.6 Å². The molecule has 5 heteroatoms. The first-order valence-electron chi connectivity index (χ1n) is 7.50. The molecule has 2 atom stereocenters. The Hall–Kier alpha value is -1.88. The molecule has 21 heavy (non-hydrogen) atoms. The Morgan fingerprint density at radius 3 is 2.81 bits per heavy atom. The monoisotopic (exact) mass is 288 g/mol.